The molecule has 1 aromatic rings. The predicted molar refractivity (Wildman–Crippen MR) is 79.0 cm³/mol. The first-order valence-corrected chi connectivity index (χ1v) is 6.71. The van der Waals surface area contributed by atoms with Gasteiger partial charge in [-0.1, -0.05) is 23.8 Å². The zero-order valence-corrected chi connectivity index (χ0v) is 12.2. The van der Waals surface area contributed by atoms with Crippen molar-refractivity contribution in [1.29, 1.82) is 0 Å². The SMILES string of the molecule is COc1ncc(Cl)c(N2CCN(CC(N)=S)CC2)n1. The third-order valence-electron chi connectivity index (χ3n) is 2.94. The fourth-order valence-corrected chi connectivity index (χ4v) is 2.39. The van der Waals surface area contributed by atoms with E-state index in [0.717, 1.165) is 26.2 Å². The first-order chi connectivity index (χ1) is 9.10. The Morgan fingerprint density at radius 3 is 2.74 bits per heavy atom. The molecule has 1 fully saturated rings. The third-order valence-corrected chi connectivity index (χ3v) is 3.33. The molecule has 1 aliphatic heterocycles. The van der Waals surface area contributed by atoms with Crippen LogP contribution in [-0.2, 0) is 0 Å². The van der Waals surface area contributed by atoms with E-state index in [-0.39, 0.29) is 0 Å². The number of nitrogens with two attached hydrogens (primary N) is 1. The van der Waals surface area contributed by atoms with Crippen molar-refractivity contribution in [2.24, 2.45) is 5.73 Å². The zero-order valence-electron chi connectivity index (χ0n) is 10.7. The molecule has 0 bridgehead atoms. The molecule has 1 saturated heterocycles. The fourth-order valence-electron chi connectivity index (χ4n) is 2.00. The van der Waals surface area contributed by atoms with Crippen LogP contribution in [-0.4, -0.2) is 59.7 Å². The van der Waals surface area contributed by atoms with Crippen molar-refractivity contribution in [2.75, 3.05) is 44.7 Å². The highest BCUT2D eigenvalue weighted by Crippen LogP contribution is 2.25. The summed E-state index contributed by atoms with van der Waals surface area (Å²) in [5.74, 6) is 0.712. The predicted octanol–water partition coefficient (Wildman–Crippen LogP) is 0.547. The molecule has 8 heteroatoms. The molecule has 2 rings (SSSR count). The highest BCUT2D eigenvalue weighted by molar-refractivity contribution is 7.80. The van der Waals surface area contributed by atoms with Crippen molar-refractivity contribution in [3.05, 3.63) is 11.2 Å². The largest absolute Gasteiger partial charge is 0.467 e. The van der Waals surface area contributed by atoms with Gasteiger partial charge >= 0.3 is 6.01 Å². The first-order valence-electron chi connectivity index (χ1n) is 5.92. The lowest BCUT2D eigenvalue weighted by Crippen LogP contribution is -2.49. The highest BCUT2D eigenvalue weighted by atomic mass is 35.5. The first kappa shape index (κ1) is 14.2. The number of aromatic nitrogens is 2. The third kappa shape index (κ3) is 3.65. The lowest BCUT2D eigenvalue weighted by molar-refractivity contribution is 0.291. The monoisotopic (exact) mass is 301 g/mol. The van der Waals surface area contributed by atoms with Crippen molar-refractivity contribution in [1.82, 2.24) is 14.9 Å². The lowest BCUT2D eigenvalue weighted by atomic mass is 10.3. The van der Waals surface area contributed by atoms with Gasteiger partial charge in [0.25, 0.3) is 0 Å². The van der Waals surface area contributed by atoms with Crippen LogP contribution in [0.25, 0.3) is 0 Å². The Hall–Kier alpha value is -1.18. The molecule has 0 aromatic carbocycles. The molecule has 1 aromatic heterocycles. The van der Waals surface area contributed by atoms with E-state index in [2.05, 4.69) is 19.8 Å². The van der Waals surface area contributed by atoms with Crippen LogP contribution in [0, 0.1) is 0 Å². The van der Waals surface area contributed by atoms with Crippen LogP contribution in [0.2, 0.25) is 5.02 Å². The molecule has 0 spiro atoms. The molecular formula is C11H16ClN5OS. The Kier molecular flexibility index (Phi) is 4.73. The van der Waals surface area contributed by atoms with E-state index in [1.165, 1.54) is 7.11 Å². The van der Waals surface area contributed by atoms with E-state index in [0.29, 0.717) is 28.4 Å². The maximum Gasteiger partial charge on any atom is 0.318 e. The number of methoxy groups -OCH3 is 1. The average molecular weight is 302 g/mol. The number of hydrogen-bond donors (Lipinski definition) is 1. The Balaban J connectivity index is 2.03. The summed E-state index contributed by atoms with van der Waals surface area (Å²) >= 11 is 11.0. The maximum absolute atomic E-state index is 6.13. The van der Waals surface area contributed by atoms with E-state index in [1.54, 1.807) is 6.20 Å². The number of thiocarbonyl (C=S) groups is 1. The molecule has 0 aliphatic carbocycles. The standard InChI is InChI=1S/C11H16ClN5OS/c1-18-11-14-6-8(12)10(15-11)17-4-2-16(3-5-17)7-9(13)19/h6H,2-5,7H2,1H3,(H2,13,19). The summed E-state index contributed by atoms with van der Waals surface area (Å²) in [4.78, 5) is 13.1. The normalized spacial score (nSPS) is 16.4. The molecular weight excluding hydrogens is 286 g/mol. The van der Waals surface area contributed by atoms with E-state index < -0.39 is 0 Å². The van der Waals surface area contributed by atoms with Gasteiger partial charge in [0.15, 0.2) is 5.82 Å². The minimum Gasteiger partial charge on any atom is -0.467 e. The minimum atomic E-state index is 0.324. The number of hydrogen-bond acceptors (Lipinski definition) is 6. The average Bonchev–Trinajstić information content (AvgIpc) is 2.40. The summed E-state index contributed by atoms with van der Waals surface area (Å²) in [6.07, 6.45) is 1.56. The summed E-state index contributed by atoms with van der Waals surface area (Å²) in [6, 6.07) is 0.324. The summed E-state index contributed by atoms with van der Waals surface area (Å²) in [5.41, 5.74) is 5.55. The Morgan fingerprint density at radius 2 is 2.16 bits per heavy atom. The van der Waals surface area contributed by atoms with Gasteiger partial charge in [-0.2, -0.15) is 4.98 Å². The summed E-state index contributed by atoms with van der Waals surface area (Å²) in [6.45, 7) is 4.05. The Labute approximate surface area is 122 Å². The van der Waals surface area contributed by atoms with Gasteiger partial charge in [-0.25, -0.2) is 4.98 Å². The number of nitrogens with zero attached hydrogens (tertiary/aromatic N) is 4. The number of anilines is 1. The molecule has 0 amide bonds. The second kappa shape index (κ2) is 6.31. The number of halogens is 1. The van der Waals surface area contributed by atoms with Crippen molar-refractivity contribution in [3.8, 4) is 6.01 Å². The summed E-state index contributed by atoms with van der Waals surface area (Å²) < 4.78 is 5.02. The molecule has 0 radical (unpaired) electrons. The fraction of sp³-hybridized carbons (Fsp3) is 0.545. The Morgan fingerprint density at radius 1 is 1.47 bits per heavy atom. The van der Waals surface area contributed by atoms with Crippen LogP contribution in [0.1, 0.15) is 0 Å². The van der Waals surface area contributed by atoms with Crippen molar-refractivity contribution >= 4 is 34.6 Å². The van der Waals surface area contributed by atoms with Gasteiger partial charge in [0.1, 0.15) is 5.02 Å². The van der Waals surface area contributed by atoms with Crippen molar-refractivity contribution in [2.45, 2.75) is 0 Å². The van der Waals surface area contributed by atoms with Crippen LogP contribution < -0.4 is 15.4 Å². The van der Waals surface area contributed by atoms with E-state index in [9.17, 15) is 0 Å². The molecule has 19 heavy (non-hydrogen) atoms. The van der Waals surface area contributed by atoms with Gasteiger partial charge in [-0.15, -0.1) is 0 Å². The van der Waals surface area contributed by atoms with Gasteiger partial charge in [-0.3, -0.25) is 4.90 Å². The molecule has 0 saturated carbocycles. The van der Waals surface area contributed by atoms with Crippen LogP contribution in [0.15, 0.2) is 6.20 Å². The second-order valence-corrected chi connectivity index (χ2v) is 5.19. The number of piperazine rings is 1. The number of rotatable bonds is 4. The van der Waals surface area contributed by atoms with Crippen LogP contribution in [0.3, 0.4) is 0 Å². The van der Waals surface area contributed by atoms with Gasteiger partial charge in [-0.05, 0) is 0 Å². The highest BCUT2D eigenvalue weighted by Gasteiger charge is 2.21. The van der Waals surface area contributed by atoms with Crippen molar-refractivity contribution < 1.29 is 4.74 Å². The van der Waals surface area contributed by atoms with Crippen LogP contribution in [0.4, 0.5) is 5.82 Å². The molecule has 0 atom stereocenters. The minimum absolute atomic E-state index is 0.324. The molecule has 0 unspecified atom stereocenters. The van der Waals surface area contributed by atoms with Crippen molar-refractivity contribution in [3.63, 3.8) is 0 Å². The lowest BCUT2D eigenvalue weighted by Gasteiger charge is -2.35. The Bertz CT molecular complexity index is 464. The molecule has 104 valence electrons. The second-order valence-electron chi connectivity index (χ2n) is 4.26. The topological polar surface area (TPSA) is 67.5 Å². The smallest absolute Gasteiger partial charge is 0.318 e. The quantitative estimate of drug-likeness (QED) is 0.814. The maximum atomic E-state index is 6.13. The summed E-state index contributed by atoms with van der Waals surface area (Å²) in [7, 11) is 1.53. The van der Waals surface area contributed by atoms with E-state index in [4.69, 9.17) is 34.3 Å². The van der Waals surface area contributed by atoms with Gasteiger partial charge < -0.3 is 15.4 Å². The molecule has 6 nitrogen and oxygen atoms in total. The van der Waals surface area contributed by atoms with Crippen LogP contribution in [0.5, 0.6) is 6.01 Å². The molecule has 2 heterocycles. The molecule has 1 aliphatic rings. The van der Waals surface area contributed by atoms with E-state index in [1.807, 2.05) is 0 Å². The zero-order chi connectivity index (χ0) is 13.8. The van der Waals surface area contributed by atoms with Crippen LogP contribution >= 0.6 is 23.8 Å². The van der Waals surface area contributed by atoms with E-state index >= 15 is 0 Å². The number of ether oxygens (including phenoxy) is 1. The van der Waals surface area contributed by atoms with Gasteiger partial charge in [0.05, 0.1) is 18.3 Å². The molecule has 2 N–H and O–H groups in total. The summed E-state index contributed by atoms with van der Waals surface area (Å²) in [5, 5.41) is 0.531. The van der Waals surface area contributed by atoms with Gasteiger partial charge in [0.2, 0.25) is 0 Å². The van der Waals surface area contributed by atoms with Gasteiger partial charge in [0, 0.05) is 32.7 Å².